The van der Waals surface area contributed by atoms with Gasteiger partial charge >= 0.3 is 0 Å². The summed E-state index contributed by atoms with van der Waals surface area (Å²) in [6.45, 7) is 0. The Morgan fingerprint density at radius 3 is 1.31 bits per heavy atom. The molecule has 0 unspecified atom stereocenters. The third-order valence-electron chi connectivity index (χ3n) is 16.7. The van der Waals surface area contributed by atoms with Crippen LogP contribution in [0.3, 0.4) is 0 Å². The zero-order valence-corrected chi connectivity index (χ0v) is 41.6. The van der Waals surface area contributed by atoms with Gasteiger partial charge in [0.25, 0.3) is 5.56 Å². The lowest BCUT2D eigenvalue weighted by Gasteiger charge is -2.19. The topological polar surface area (TPSA) is 31.3 Å². The minimum Gasteiger partial charge on any atom is -0.307 e. The van der Waals surface area contributed by atoms with Crippen LogP contribution in [-0.4, -0.2) is 13.5 Å². The predicted molar refractivity (Wildman–Crippen MR) is 325 cm³/mol. The molecule has 0 N–H and O–H groups in total. The minimum atomic E-state index is -0.0150. The van der Waals surface area contributed by atoms with E-state index in [1.165, 1.54) is 64.9 Å². The Morgan fingerprint density at radius 1 is 0.234 bits per heavy atom. The number of nitrogens with zero attached hydrogens (tertiary/aromatic N) is 3. The van der Waals surface area contributed by atoms with Crippen LogP contribution in [0.25, 0.3) is 159 Å². The van der Waals surface area contributed by atoms with Crippen LogP contribution in [0.2, 0.25) is 0 Å². The molecule has 4 heterocycles. The first kappa shape index (κ1) is 42.1. The highest BCUT2D eigenvalue weighted by molar-refractivity contribution is 6.32. The molecule has 77 heavy (non-hydrogen) atoms. The predicted octanol–water partition coefficient (Wildman–Crippen LogP) is 18.9. The van der Waals surface area contributed by atoms with Gasteiger partial charge in [0.15, 0.2) is 0 Å². The number of fused-ring (bicyclic) bond motifs is 18. The van der Waals surface area contributed by atoms with Crippen molar-refractivity contribution < 1.29 is 0 Å². The lowest BCUT2D eigenvalue weighted by atomic mass is 9.87. The van der Waals surface area contributed by atoms with Gasteiger partial charge in [0.2, 0.25) is 0 Å². The maximum Gasteiger partial charge on any atom is 0.263 e. The minimum absolute atomic E-state index is 0.0150. The molecular formula is C73H43N3O. The van der Waals surface area contributed by atoms with Crippen molar-refractivity contribution in [1.29, 1.82) is 0 Å². The van der Waals surface area contributed by atoms with Crippen molar-refractivity contribution in [2.75, 3.05) is 0 Å². The Bertz CT molecular complexity index is 5400. The van der Waals surface area contributed by atoms with Gasteiger partial charge in [-0.3, -0.25) is 9.20 Å². The highest BCUT2D eigenvalue weighted by Crippen LogP contribution is 2.49. The summed E-state index contributed by atoms with van der Waals surface area (Å²) in [5.74, 6) is 0. The smallest absolute Gasteiger partial charge is 0.263 e. The van der Waals surface area contributed by atoms with E-state index < -0.39 is 0 Å². The number of hydrogen-bond acceptors (Lipinski definition) is 1. The number of pyridine rings is 1. The van der Waals surface area contributed by atoms with Crippen LogP contribution in [-0.2, 0) is 0 Å². The van der Waals surface area contributed by atoms with Crippen molar-refractivity contribution in [1.82, 2.24) is 13.5 Å². The van der Waals surface area contributed by atoms with Crippen LogP contribution >= 0.6 is 0 Å². The molecular weight excluding hydrogens is 935 g/mol. The molecule has 0 saturated carbocycles. The van der Waals surface area contributed by atoms with E-state index in [0.717, 1.165) is 88.4 Å². The molecule has 0 amide bonds. The Balaban J connectivity index is 1.09. The van der Waals surface area contributed by atoms with E-state index in [4.69, 9.17) is 0 Å². The maximum atomic E-state index is 15.4. The van der Waals surface area contributed by atoms with E-state index in [0.29, 0.717) is 5.39 Å². The van der Waals surface area contributed by atoms with Crippen LogP contribution in [0.15, 0.2) is 266 Å². The summed E-state index contributed by atoms with van der Waals surface area (Å²) in [5.41, 5.74) is 15.1. The summed E-state index contributed by atoms with van der Waals surface area (Å²) in [4.78, 5) is 15.4. The first-order valence-corrected chi connectivity index (χ1v) is 26.5. The number of benzene rings is 13. The monoisotopic (exact) mass is 977 g/mol. The van der Waals surface area contributed by atoms with E-state index in [1.807, 2.05) is 16.5 Å². The van der Waals surface area contributed by atoms with Crippen LogP contribution in [0.1, 0.15) is 0 Å². The van der Waals surface area contributed by atoms with E-state index >= 15 is 4.79 Å². The molecule has 0 bridgehead atoms. The van der Waals surface area contributed by atoms with Crippen molar-refractivity contribution in [2.24, 2.45) is 0 Å². The van der Waals surface area contributed by atoms with Crippen molar-refractivity contribution >= 4 is 114 Å². The Kier molecular flexibility index (Phi) is 8.67. The van der Waals surface area contributed by atoms with E-state index in [1.54, 1.807) is 0 Å². The molecule has 0 fully saturated rings. The van der Waals surface area contributed by atoms with E-state index in [-0.39, 0.29) is 5.56 Å². The first-order chi connectivity index (χ1) is 38.2. The molecule has 17 rings (SSSR count). The summed E-state index contributed by atoms with van der Waals surface area (Å²) in [5, 5.41) is 16.8. The van der Waals surface area contributed by atoms with Gasteiger partial charge in [0.05, 0.1) is 33.1 Å². The van der Waals surface area contributed by atoms with Crippen molar-refractivity contribution in [2.45, 2.75) is 0 Å². The average molecular weight is 978 g/mol. The maximum absolute atomic E-state index is 15.4. The van der Waals surface area contributed by atoms with Crippen LogP contribution < -0.4 is 5.56 Å². The van der Waals surface area contributed by atoms with Crippen LogP contribution in [0.5, 0.6) is 0 Å². The lowest BCUT2D eigenvalue weighted by molar-refractivity contribution is 1.15. The number of rotatable bonds is 5. The SMILES string of the molecule is O=c1c2ccccc2c2cc(-c3cc(-n4c5ccccc5c5ccc6c7ccccc7n(-c7ccccc7)c6c54)cc4c5ccccc5c5ccccc5c34)cc3c4c(-c5ccccc5)ccc(-c5ccccc5)c4n1c23. The molecule has 0 saturated heterocycles. The molecule has 4 heteroatoms. The molecule has 13 aromatic carbocycles. The summed E-state index contributed by atoms with van der Waals surface area (Å²) < 4.78 is 7.04. The van der Waals surface area contributed by atoms with Crippen molar-refractivity contribution in [3.8, 4) is 44.8 Å². The average Bonchev–Trinajstić information content (AvgIpc) is 4.37. The van der Waals surface area contributed by atoms with Gasteiger partial charge < -0.3 is 9.13 Å². The van der Waals surface area contributed by atoms with Gasteiger partial charge in [-0.1, -0.05) is 206 Å². The summed E-state index contributed by atoms with van der Waals surface area (Å²) in [6, 6.07) is 94.6. The highest BCUT2D eigenvalue weighted by atomic mass is 16.1. The van der Waals surface area contributed by atoms with Crippen LogP contribution in [0.4, 0.5) is 0 Å². The molecule has 0 spiro atoms. The standard InChI is InChI=1S/C73H43N3O/c77-73-60-33-15-13-29-54(60)63-40-46(41-64-68-49(44-20-4-1-5-21-44)36-37-50(45-22-6-2-7-23-45)70(68)76(73)69(63)64)61-42-48(43-62-53-28-11-10-26-51(53)52-27-12-14-32-57(52)67(61)62)75-66-35-19-17-31-56(66)59-39-38-58-55-30-16-18-34-65(55)74(71(58)72(59)75)47-24-8-3-9-25-47/h1-43H. The molecule has 0 atom stereocenters. The Hall–Kier alpha value is -10.3. The highest BCUT2D eigenvalue weighted by Gasteiger charge is 2.27. The second kappa shape index (κ2) is 15.9. The van der Waals surface area contributed by atoms with Crippen LogP contribution in [0, 0.1) is 0 Å². The molecule has 0 aliphatic carbocycles. The second-order valence-electron chi connectivity index (χ2n) is 20.6. The summed E-state index contributed by atoms with van der Waals surface area (Å²) in [6.07, 6.45) is 0. The summed E-state index contributed by atoms with van der Waals surface area (Å²) >= 11 is 0. The number of aromatic nitrogens is 3. The molecule has 0 radical (unpaired) electrons. The number of para-hydroxylation sites is 3. The van der Waals surface area contributed by atoms with Gasteiger partial charge in [-0.15, -0.1) is 0 Å². The van der Waals surface area contributed by atoms with E-state index in [9.17, 15) is 0 Å². The second-order valence-corrected chi connectivity index (χ2v) is 20.6. The first-order valence-electron chi connectivity index (χ1n) is 26.5. The molecule has 356 valence electrons. The fourth-order valence-electron chi connectivity index (χ4n) is 13.6. The van der Waals surface area contributed by atoms with Gasteiger partial charge in [-0.2, -0.15) is 0 Å². The third kappa shape index (κ3) is 5.79. The largest absolute Gasteiger partial charge is 0.307 e. The zero-order valence-electron chi connectivity index (χ0n) is 41.6. The summed E-state index contributed by atoms with van der Waals surface area (Å²) in [7, 11) is 0. The van der Waals surface area contributed by atoms with Gasteiger partial charge in [-0.05, 0) is 120 Å². The molecule has 0 aliphatic heterocycles. The Morgan fingerprint density at radius 2 is 0.688 bits per heavy atom. The fraction of sp³-hybridized carbons (Fsp3) is 0. The number of hydrogen-bond donors (Lipinski definition) is 0. The Labute approximate surface area is 441 Å². The van der Waals surface area contributed by atoms with Crippen molar-refractivity contribution in [3.63, 3.8) is 0 Å². The zero-order chi connectivity index (χ0) is 50.5. The molecule has 4 aromatic heterocycles. The molecule has 0 aliphatic rings. The molecule has 4 nitrogen and oxygen atoms in total. The molecule has 17 aromatic rings. The third-order valence-corrected chi connectivity index (χ3v) is 16.7. The van der Waals surface area contributed by atoms with E-state index in [2.05, 4.69) is 258 Å². The fourth-order valence-corrected chi connectivity index (χ4v) is 13.6. The lowest BCUT2D eigenvalue weighted by Crippen LogP contribution is -2.13. The normalized spacial score (nSPS) is 12.2. The van der Waals surface area contributed by atoms with Gasteiger partial charge in [0.1, 0.15) is 0 Å². The van der Waals surface area contributed by atoms with Crippen molar-refractivity contribution in [3.05, 3.63) is 271 Å². The van der Waals surface area contributed by atoms with Gasteiger partial charge in [0, 0.05) is 60.0 Å². The quantitative estimate of drug-likeness (QED) is 0.158. The van der Waals surface area contributed by atoms with Gasteiger partial charge in [-0.25, -0.2) is 0 Å².